The van der Waals surface area contributed by atoms with Crippen LogP contribution in [-0.2, 0) is 14.8 Å². The van der Waals surface area contributed by atoms with Gasteiger partial charge in [-0.3, -0.25) is 4.79 Å². The highest BCUT2D eigenvalue weighted by atomic mass is 32.2. The predicted octanol–water partition coefficient (Wildman–Crippen LogP) is -0.173. The first-order valence-electron chi connectivity index (χ1n) is 4.85. The number of carboxylic acid groups (broad SMARTS) is 1. The van der Waals surface area contributed by atoms with Crippen LogP contribution in [0.25, 0.3) is 0 Å². The number of hydrogen-bond donors (Lipinski definition) is 2. The van der Waals surface area contributed by atoms with E-state index in [1.807, 2.05) is 0 Å². The molecule has 18 heavy (non-hydrogen) atoms. The second-order valence-corrected chi connectivity index (χ2v) is 5.31. The Kier molecular flexibility index (Phi) is 4.09. The van der Waals surface area contributed by atoms with Crippen molar-refractivity contribution in [1.82, 2.24) is 9.46 Å². The number of aliphatic carboxylic acids is 1. The zero-order chi connectivity index (χ0) is 13.9. The maximum atomic E-state index is 12.2. The van der Waals surface area contributed by atoms with Crippen LogP contribution in [0.2, 0.25) is 0 Å². The molecular weight excluding hydrogens is 262 g/mol. The van der Waals surface area contributed by atoms with E-state index in [0.717, 1.165) is 4.31 Å². The van der Waals surface area contributed by atoms with Crippen LogP contribution in [0.15, 0.2) is 22.1 Å². The summed E-state index contributed by atoms with van der Waals surface area (Å²) < 4.78 is 29.8. The lowest BCUT2D eigenvalue weighted by atomic mass is 10.5. The smallest absolute Gasteiger partial charge is 0.318 e. The Morgan fingerprint density at radius 1 is 1.67 bits per heavy atom. The Balaban J connectivity index is 3.25. The minimum Gasteiger partial charge on any atom is -0.480 e. The minimum atomic E-state index is -4.08. The number of aromatic nitrogens is 1. The number of carbonyl (C=O) groups is 1. The Labute approximate surface area is 104 Å². The molecule has 0 radical (unpaired) electrons. The van der Waals surface area contributed by atoms with Crippen LogP contribution in [0.1, 0.15) is 5.76 Å². The van der Waals surface area contributed by atoms with E-state index < -0.39 is 22.5 Å². The van der Waals surface area contributed by atoms with Crippen molar-refractivity contribution >= 4 is 21.8 Å². The van der Waals surface area contributed by atoms with Gasteiger partial charge in [0.1, 0.15) is 6.54 Å². The van der Waals surface area contributed by atoms with Gasteiger partial charge in [-0.25, -0.2) is 8.42 Å². The second-order valence-electron chi connectivity index (χ2n) is 3.43. The fraction of sp³-hybridized carbons (Fsp3) is 0.333. The van der Waals surface area contributed by atoms with Gasteiger partial charge in [0.25, 0.3) is 10.0 Å². The summed E-state index contributed by atoms with van der Waals surface area (Å²) in [5.74, 6) is -1.58. The Morgan fingerprint density at radius 3 is 2.67 bits per heavy atom. The van der Waals surface area contributed by atoms with E-state index in [2.05, 4.69) is 16.3 Å². The summed E-state index contributed by atoms with van der Waals surface area (Å²) in [4.78, 5) is 10.3. The van der Waals surface area contributed by atoms with Crippen LogP contribution in [0.4, 0.5) is 5.82 Å². The number of nitrogens with zero attached hydrogens (tertiary/aromatic N) is 2. The number of anilines is 1. The van der Waals surface area contributed by atoms with Gasteiger partial charge >= 0.3 is 5.97 Å². The third-order valence-corrected chi connectivity index (χ3v) is 4.05. The molecule has 1 aromatic heterocycles. The van der Waals surface area contributed by atoms with E-state index >= 15 is 0 Å². The maximum Gasteiger partial charge on any atom is 0.318 e. The Bertz CT molecular complexity index is 543. The van der Waals surface area contributed by atoms with Gasteiger partial charge in [0.2, 0.25) is 0 Å². The summed E-state index contributed by atoms with van der Waals surface area (Å²) >= 11 is 0. The van der Waals surface area contributed by atoms with E-state index in [-0.39, 0.29) is 23.0 Å². The fourth-order valence-corrected chi connectivity index (χ4v) is 2.91. The Morgan fingerprint density at radius 2 is 2.28 bits per heavy atom. The Hall–Kier alpha value is -1.87. The molecule has 0 fully saturated rings. The van der Waals surface area contributed by atoms with Crippen molar-refractivity contribution in [3.05, 3.63) is 18.4 Å². The number of aryl methyl sites for hydroxylation is 1. The number of hydrogen-bond acceptors (Lipinski definition) is 6. The zero-order valence-corrected chi connectivity index (χ0v) is 10.5. The molecule has 100 valence electrons. The fourth-order valence-electron chi connectivity index (χ4n) is 1.37. The SMILES string of the molecule is C=CCN(CC(=O)O)S(=O)(=O)c1c(N)noc1C. The first-order chi connectivity index (χ1) is 8.30. The highest BCUT2D eigenvalue weighted by Crippen LogP contribution is 2.25. The first-order valence-corrected chi connectivity index (χ1v) is 6.29. The van der Waals surface area contributed by atoms with E-state index in [9.17, 15) is 13.2 Å². The molecule has 3 N–H and O–H groups in total. The highest BCUT2D eigenvalue weighted by molar-refractivity contribution is 7.89. The highest BCUT2D eigenvalue weighted by Gasteiger charge is 2.32. The zero-order valence-electron chi connectivity index (χ0n) is 9.66. The molecule has 1 heterocycles. The number of sulfonamides is 1. The minimum absolute atomic E-state index is 0.00644. The van der Waals surface area contributed by atoms with E-state index in [4.69, 9.17) is 10.8 Å². The lowest BCUT2D eigenvalue weighted by Crippen LogP contribution is -2.36. The van der Waals surface area contributed by atoms with Crippen LogP contribution in [-0.4, -0.2) is 42.0 Å². The molecule has 0 unspecified atom stereocenters. The van der Waals surface area contributed by atoms with Crippen LogP contribution in [0, 0.1) is 6.92 Å². The van der Waals surface area contributed by atoms with Crippen molar-refractivity contribution in [3.63, 3.8) is 0 Å². The lowest BCUT2D eigenvalue weighted by Gasteiger charge is -2.17. The molecular formula is C9H13N3O5S. The van der Waals surface area contributed by atoms with Crippen molar-refractivity contribution in [2.24, 2.45) is 0 Å². The van der Waals surface area contributed by atoms with Crippen molar-refractivity contribution in [1.29, 1.82) is 0 Å². The summed E-state index contributed by atoms with van der Waals surface area (Å²) in [7, 11) is -4.08. The monoisotopic (exact) mass is 275 g/mol. The summed E-state index contributed by atoms with van der Waals surface area (Å²) in [6.07, 6.45) is 1.28. The van der Waals surface area contributed by atoms with Crippen LogP contribution >= 0.6 is 0 Å². The molecule has 8 nitrogen and oxygen atoms in total. The van der Waals surface area contributed by atoms with Gasteiger partial charge in [-0.1, -0.05) is 11.2 Å². The molecule has 0 spiro atoms. The third-order valence-electron chi connectivity index (χ3n) is 2.08. The summed E-state index contributed by atoms with van der Waals surface area (Å²) in [5.41, 5.74) is 5.41. The van der Waals surface area contributed by atoms with Gasteiger partial charge in [0, 0.05) is 6.54 Å². The van der Waals surface area contributed by atoms with E-state index in [1.54, 1.807) is 0 Å². The summed E-state index contributed by atoms with van der Waals surface area (Å²) in [5, 5.41) is 12.0. The molecule has 0 aliphatic rings. The average Bonchev–Trinajstić information content (AvgIpc) is 2.57. The van der Waals surface area contributed by atoms with Crippen LogP contribution in [0.3, 0.4) is 0 Å². The second kappa shape index (κ2) is 5.19. The number of carboxylic acids is 1. The molecule has 0 aromatic carbocycles. The van der Waals surface area contributed by atoms with E-state index in [1.165, 1.54) is 13.0 Å². The summed E-state index contributed by atoms with van der Waals surface area (Å²) in [6, 6.07) is 0. The molecule has 1 rings (SSSR count). The average molecular weight is 275 g/mol. The number of rotatable bonds is 6. The normalized spacial score (nSPS) is 11.7. The van der Waals surface area contributed by atoms with E-state index in [0.29, 0.717) is 0 Å². The first kappa shape index (κ1) is 14.2. The lowest BCUT2D eigenvalue weighted by molar-refractivity contribution is -0.137. The van der Waals surface area contributed by atoms with Crippen molar-refractivity contribution in [2.45, 2.75) is 11.8 Å². The molecule has 0 amide bonds. The third kappa shape index (κ3) is 2.68. The van der Waals surface area contributed by atoms with Crippen molar-refractivity contribution < 1.29 is 22.8 Å². The molecule has 0 aliphatic heterocycles. The molecule has 1 aromatic rings. The van der Waals surface area contributed by atoms with Crippen molar-refractivity contribution in [2.75, 3.05) is 18.8 Å². The molecule has 9 heteroatoms. The molecule has 0 aliphatic carbocycles. The maximum absolute atomic E-state index is 12.2. The molecule has 0 atom stereocenters. The van der Waals surface area contributed by atoms with Crippen LogP contribution in [0.5, 0.6) is 0 Å². The largest absolute Gasteiger partial charge is 0.480 e. The topological polar surface area (TPSA) is 127 Å². The molecule has 0 saturated heterocycles. The molecule has 0 saturated carbocycles. The van der Waals surface area contributed by atoms with Crippen LogP contribution < -0.4 is 5.73 Å². The van der Waals surface area contributed by atoms with Gasteiger partial charge in [-0.05, 0) is 6.92 Å². The predicted molar refractivity (Wildman–Crippen MR) is 62.2 cm³/mol. The number of nitrogens with two attached hydrogens (primary N) is 1. The summed E-state index contributed by atoms with van der Waals surface area (Å²) in [6.45, 7) is 3.91. The molecule has 0 bridgehead atoms. The van der Waals surface area contributed by atoms with Gasteiger partial charge < -0.3 is 15.4 Å². The quantitative estimate of drug-likeness (QED) is 0.690. The van der Waals surface area contributed by atoms with Gasteiger partial charge in [-0.15, -0.1) is 6.58 Å². The van der Waals surface area contributed by atoms with Gasteiger partial charge in [0.15, 0.2) is 16.5 Å². The standard InChI is InChI=1S/C9H13N3O5S/c1-3-4-12(5-7(13)14)18(15,16)8-6(2)17-11-9(8)10/h3H,1,4-5H2,2H3,(H2,10,11)(H,13,14). The van der Waals surface area contributed by atoms with Crippen molar-refractivity contribution in [3.8, 4) is 0 Å². The van der Waals surface area contributed by atoms with Gasteiger partial charge in [0.05, 0.1) is 0 Å². The number of nitrogen functional groups attached to an aromatic ring is 1. The van der Waals surface area contributed by atoms with Gasteiger partial charge in [-0.2, -0.15) is 4.31 Å².